The molecule has 7 heteroatoms. The zero-order chi connectivity index (χ0) is 40.6. The van der Waals surface area contributed by atoms with E-state index < -0.39 is 0 Å². The molecule has 0 aromatic heterocycles. The summed E-state index contributed by atoms with van der Waals surface area (Å²) in [6.07, 6.45) is 36.7. The highest BCUT2D eigenvalue weighted by Gasteiger charge is 2.19. The van der Waals surface area contributed by atoms with E-state index in [9.17, 15) is 19.2 Å². The van der Waals surface area contributed by atoms with E-state index >= 15 is 0 Å². The lowest BCUT2D eigenvalue weighted by Gasteiger charge is -2.21. The molecule has 0 radical (unpaired) electrons. The number of nitrogens with zero attached hydrogens (tertiary/aromatic N) is 1. The largest absolute Gasteiger partial charge is 0.466 e. The van der Waals surface area contributed by atoms with Crippen molar-refractivity contribution in [3.8, 4) is 0 Å². The molecule has 0 fully saturated rings. The van der Waals surface area contributed by atoms with E-state index in [0.717, 1.165) is 64.2 Å². The van der Waals surface area contributed by atoms with Crippen LogP contribution in [0.15, 0.2) is 0 Å². The Labute approximate surface area is 341 Å². The number of amides is 1. The van der Waals surface area contributed by atoms with Gasteiger partial charge in [0.2, 0.25) is 5.91 Å². The van der Waals surface area contributed by atoms with E-state index in [-0.39, 0.29) is 30.2 Å². The van der Waals surface area contributed by atoms with Crippen molar-refractivity contribution in [2.45, 2.75) is 246 Å². The zero-order valence-corrected chi connectivity index (χ0v) is 37.2. The summed E-state index contributed by atoms with van der Waals surface area (Å²) in [4.78, 5) is 51.9. The molecule has 0 rings (SSSR count). The van der Waals surface area contributed by atoms with Gasteiger partial charge in [0.15, 0.2) is 0 Å². The van der Waals surface area contributed by atoms with Gasteiger partial charge in [0, 0.05) is 32.7 Å². The first-order valence-corrected chi connectivity index (χ1v) is 23.8. The Morgan fingerprint density at radius 1 is 0.418 bits per heavy atom. The monoisotopic (exact) mass is 778 g/mol. The number of hydrogen-bond donors (Lipinski definition) is 0. The van der Waals surface area contributed by atoms with Gasteiger partial charge in [-0.25, -0.2) is 0 Å². The highest BCUT2D eigenvalue weighted by Crippen LogP contribution is 2.24. The average molecular weight is 778 g/mol. The summed E-state index contributed by atoms with van der Waals surface area (Å²) in [5.41, 5.74) is 0. The molecular weight excluding hydrogens is 687 g/mol. The van der Waals surface area contributed by atoms with E-state index in [1.54, 1.807) is 7.05 Å². The Bertz CT molecular complexity index is 907. The van der Waals surface area contributed by atoms with Crippen LogP contribution in [0.5, 0.6) is 0 Å². The van der Waals surface area contributed by atoms with E-state index in [1.807, 2.05) is 0 Å². The Morgan fingerprint density at radius 2 is 0.764 bits per heavy atom. The number of rotatable bonds is 42. The first-order valence-electron chi connectivity index (χ1n) is 23.8. The molecule has 0 heterocycles. The molecule has 324 valence electrons. The standard InChI is InChI=1S/C48H91NO6/c1-6-10-14-18-20-26-33-43(32-24-16-12-8-3)40-46(51)49(5)42-48(53)55-39-31-23-29-37-45(50)36-28-22-30-38-54-47(52)41-44(34-25-17-13-9-4)35-27-21-19-15-11-7-2/h43-44H,6-42H2,1-5H3. The fourth-order valence-corrected chi connectivity index (χ4v) is 7.57. The SMILES string of the molecule is CCCCCCCCC(CCCCCC)CC(=O)OCCCCCC(=O)CCCCCOC(=O)CN(C)C(=O)CC(CCCCCC)CCCCCCCC. The van der Waals surface area contributed by atoms with Crippen LogP contribution >= 0.6 is 0 Å². The minimum atomic E-state index is -0.358. The quantitative estimate of drug-likeness (QED) is 0.0453. The molecule has 0 aliphatic carbocycles. The van der Waals surface area contributed by atoms with Crippen LogP contribution in [-0.2, 0) is 28.7 Å². The smallest absolute Gasteiger partial charge is 0.325 e. The maximum absolute atomic E-state index is 13.0. The van der Waals surface area contributed by atoms with Crippen LogP contribution in [0.4, 0.5) is 0 Å². The van der Waals surface area contributed by atoms with E-state index in [2.05, 4.69) is 27.7 Å². The summed E-state index contributed by atoms with van der Waals surface area (Å²) in [6.45, 7) is 9.72. The lowest BCUT2D eigenvalue weighted by atomic mass is 9.91. The number of unbranched alkanes of at least 4 members (excludes halogenated alkanes) is 20. The van der Waals surface area contributed by atoms with E-state index in [0.29, 0.717) is 50.7 Å². The van der Waals surface area contributed by atoms with Crippen molar-refractivity contribution in [2.75, 3.05) is 26.8 Å². The molecule has 7 nitrogen and oxygen atoms in total. The molecule has 0 aromatic carbocycles. The Balaban J connectivity index is 4.11. The summed E-state index contributed by atoms with van der Waals surface area (Å²) in [6, 6.07) is 0. The van der Waals surface area contributed by atoms with Crippen LogP contribution in [0.1, 0.15) is 246 Å². The molecule has 55 heavy (non-hydrogen) atoms. The van der Waals surface area contributed by atoms with Gasteiger partial charge in [-0.2, -0.15) is 0 Å². The van der Waals surface area contributed by atoms with Crippen LogP contribution in [0, 0.1) is 11.8 Å². The zero-order valence-electron chi connectivity index (χ0n) is 37.2. The van der Waals surface area contributed by atoms with Crippen LogP contribution in [-0.4, -0.2) is 55.3 Å². The van der Waals surface area contributed by atoms with Crippen molar-refractivity contribution in [1.82, 2.24) is 4.90 Å². The summed E-state index contributed by atoms with van der Waals surface area (Å²) in [7, 11) is 1.71. The predicted molar refractivity (Wildman–Crippen MR) is 231 cm³/mol. The lowest BCUT2D eigenvalue weighted by Crippen LogP contribution is -2.34. The number of carbonyl (C=O) groups is 4. The third-order valence-corrected chi connectivity index (χ3v) is 11.3. The van der Waals surface area contributed by atoms with Crippen molar-refractivity contribution >= 4 is 23.6 Å². The molecule has 0 aliphatic heterocycles. The van der Waals surface area contributed by atoms with Gasteiger partial charge in [-0.15, -0.1) is 0 Å². The normalized spacial score (nSPS) is 12.4. The predicted octanol–water partition coefficient (Wildman–Crippen LogP) is 13.7. The second kappa shape index (κ2) is 40.3. The van der Waals surface area contributed by atoms with Crippen LogP contribution < -0.4 is 0 Å². The minimum Gasteiger partial charge on any atom is -0.466 e. The van der Waals surface area contributed by atoms with Crippen LogP contribution in [0.2, 0.25) is 0 Å². The van der Waals surface area contributed by atoms with Gasteiger partial charge in [-0.3, -0.25) is 19.2 Å². The fraction of sp³-hybridized carbons (Fsp3) is 0.917. The number of esters is 2. The molecule has 0 saturated carbocycles. The Hall–Kier alpha value is -1.92. The Kier molecular flexibility index (Phi) is 38.9. The van der Waals surface area contributed by atoms with Crippen molar-refractivity contribution in [3.05, 3.63) is 0 Å². The van der Waals surface area contributed by atoms with Crippen molar-refractivity contribution in [2.24, 2.45) is 11.8 Å². The van der Waals surface area contributed by atoms with E-state index in [4.69, 9.17) is 9.47 Å². The van der Waals surface area contributed by atoms with Crippen LogP contribution in [0.3, 0.4) is 0 Å². The Morgan fingerprint density at radius 3 is 1.20 bits per heavy atom. The lowest BCUT2D eigenvalue weighted by molar-refractivity contribution is -0.149. The summed E-state index contributed by atoms with van der Waals surface area (Å²) in [5, 5.41) is 0. The molecule has 2 atom stereocenters. The molecule has 0 saturated heterocycles. The summed E-state index contributed by atoms with van der Waals surface area (Å²) >= 11 is 0. The topological polar surface area (TPSA) is 90.0 Å². The second-order valence-electron chi connectivity index (χ2n) is 16.8. The second-order valence-corrected chi connectivity index (χ2v) is 16.8. The third-order valence-electron chi connectivity index (χ3n) is 11.3. The first kappa shape index (κ1) is 53.1. The van der Waals surface area contributed by atoms with Gasteiger partial charge in [0.1, 0.15) is 12.3 Å². The van der Waals surface area contributed by atoms with Gasteiger partial charge in [0.25, 0.3) is 0 Å². The molecule has 0 aliphatic rings. The van der Waals surface area contributed by atoms with Gasteiger partial charge in [0.05, 0.1) is 13.2 Å². The summed E-state index contributed by atoms with van der Waals surface area (Å²) in [5.74, 6) is 0.750. The molecular formula is C48H91NO6. The molecule has 1 amide bonds. The van der Waals surface area contributed by atoms with Crippen molar-refractivity contribution in [1.29, 1.82) is 0 Å². The number of carbonyl (C=O) groups excluding carboxylic acids is 4. The van der Waals surface area contributed by atoms with Crippen LogP contribution in [0.25, 0.3) is 0 Å². The molecule has 0 spiro atoms. The van der Waals surface area contributed by atoms with Gasteiger partial charge >= 0.3 is 11.9 Å². The van der Waals surface area contributed by atoms with Crippen molar-refractivity contribution in [3.63, 3.8) is 0 Å². The molecule has 0 aromatic rings. The maximum atomic E-state index is 13.0. The molecule has 0 N–H and O–H groups in total. The highest BCUT2D eigenvalue weighted by atomic mass is 16.5. The molecule has 0 bridgehead atoms. The van der Waals surface area contributed by atoms with E-state index in [1.165, 1.54) is 133 Å². The number of ether oxygens (including phenoxy) is 2. The average Bonchev–Trinajstić information content (AvgIpc) is 3.16. The number of ketones is 1. The highest BCUT2D eigenvalue weighted by molar-refractivity contribution is 5.82. The molecule has 2 unspecified atom stereocenters. The first-order chi connectivity index (χ1) is 26.8. The summed E-state index contributed by atoms with van der Waals surface area (Å²) < 4.78 is 11.0. The number of hydrogen-bond acceptors (Lipinski definition) is 6. The number of Topliss-reactive ketones (excluding diaryl/α,β-unsaturated/α-hetero) is 1. The third kappa shape index (κ3) is 36.2. The minimum absolute atomic E-state index is 0.00497. The fourth-order valence-electron chi connectivity index (χ4n) is 7.57. The van der Waals surface area contributed by atoms with Crippen molar-refractivity contribution < 1.29 is 28.7 Å². The van der Waals surface area contributed by atoms with Gasteiger partial charge in [-0.1, -0.05) is 156 Å². The maximum Gasteiger partial charge on any atom is 0.325 e. The van der Waals surface area contributed by atoms with Gasteiger partial charge < -0.3 is 14.4 Å². The number of likely N-dealkylation sites (N-methyl/N-ethyl adjacent to an activating group) is 1. The van der Waals surface area contributed by atoms with Gasteiger partial charge in [-0.05, 0) is 76.0 Å².